The Morgan fingerprint density at radius 2 is 2.07 bits per heavy atom. The van der Waals surface area contributed by atoms with Gasteiger partial charge in [0.25, 0.3) is 0 Å². The first-order valence-electron chi connectivity index (χ1n) is 5.13. The van der Waals surface area contributed by atoms with E-state index in [9.17, 15) is 0 Å². The first-order valence-corrected chi connectivity index (χ1v) is 5.13. The van der Waals surface area contributed by atoms with E-state index in [1.807, 2.05) is 13.0 Å². The van der Waals surface area contributed by atoms with Crippen molar-refractivity contribution in [3.8, 4) is 0 Å². The van der Waals surface area contributed by atoms with Crippen LogP contribution in [0.15, 0.2) is 23.3 Å². The molecule has 14 heavy (non-hydrogen) atoms. The molecule has 0 spiro atoms. The Balaban J connectivity index is 2.63. The van der Waals surface area contributed by atoms with E-state index in [0.717, 1.165) is 31.0 Å². The Kier molecular flexibility index (Phi) is 3.96. The van der Waals surface area contributed by atoms with Crippen LogP contribution in [0.1, 0.15) is 25.2 Å². The van der Waals surface area contributed by atoms with Crippen molar-refractivity contribution < 1.29 is 4.42 Å². The number of aryl methyl sites for hydroxylation is 1. The zero-order valence-electron chi connectivity index (χ0n) is 9.34. The van der Waals surface area contributed by atoms with Gasteiger partial charge in [-0.2, -0.15) is 0 Å². The highest BCUT2D eigenvalue weighted by molar-refractivity contribution is 5.62. The van der Waals surface area contributed by atoms with Gasteiger partial charge in [-0.25, -0.2) is 0 Å². The Labute approximate surface area is 86.2 Å². The smallest absolute Gasteiger partial charge is 0.133 e. The fourth-order valence-corrected chi connectivity index (χ4v) is 1.52. The van der Waals surface area contributed by atoms with Crippen LogP contribution in [0.4, 0.5) is 0 Å². The second-order valence-corrected chi connectivity index (χ2v) is 3.50. The van der Waals surface area contributed by atoms with Crippen LogP contribution in [0.5, 0.6) is 0 Å². The van der Waals surface area contributed by atoms with E-state index in [1.54, 1.807) is 6.26 Å². The summed E-state index contributed by atoms with van der Waals surface area (Å²) in [6.45, 7) is 13.4. The molecule has 1 aromatic heterocycles. The third kappa shape index (κ3) is 2.48. The normalized spacial score (nSPS) is 10.9. The standard InChI is InChI=1S/C12H19NO/c1-5-13(6-2)9-11(4)12-10(3)7-8-14-12/h7-8H,4-6,9H2,1-3H3. The Morgan fingerprint density at radius 3 is 2.50 bits per heavy atom. The highest BCUT2D eigenvalue weighted by Gasteiger charge is 2.09. The van der Waals surface area contributed by atoms with E-state index in [4.69, 9.17) is 4.42 Å². The summed E-state index contributed by atoms with van der Waals surface area (Å²) in [4.78, 5) is 2.32. The number of nitrogens with zero attached hydrogens (tertiary/aromatic N) is 1. The molecule has 0 saturated heterocycles. The van der Waals surface area contributed by atoms with E-state index in [0.29, 0.717) is 0 Å². The van der Waals surface area contributed by atoms with Gasteiger partial charge in [0.05, 0.1) is 6.26 Å². The van der Waals surface area contributed by atoms with Crippen LogP contribution >= 0.6 is 0 Å². The van der Waals surface area contributed by atoms with Crippen molar-refractivity contribution in [1.29, 1.82) is 0 Å². The van der Waals surface area contributed by atoms with Crippen molar-refractivity contribution in [1.82, 2.24) is 4.90 Å². The molecule has 0 aliphatic carbocycles. The first-order chi connectivity index (χ1) is 6.69. The largest absolute Gasteiger partial charge is 0.464 e. The van der Waals surface area contributed by atoms with Gasteiger partial charge >= 0.3 is 0 Å². The zero-order chi connectivity index (χ0) is 10.6. The van der Waals surface area contributed by atoms with Crippen LogP contribution < -0.4 is 0 Å². The van der Waals surface area contributed by atoms with Crippen molar-refractivity contribution in [3.05, 3.63) is 30.2 Å². The molecule has 0 fully saturated rings. The fourth-order valence-electron chi connectivity index (χ4n) is 1.52. The van der Waals surface area contributed by atoms with Gasteiger partial charge in [-0.15, -0.1) is 0 Å². The van der Waals surface area contributed by atoms with E-state index >= 15 is 0 Å². The van der Waals surface area contributed by atoms with E-state index < -0.39 is 0 Å². The monoisotopic (exact) mass is 193 g/mol. The minimum atomic E-state index is 0.890. The Hall–Kier alpha value is -1.02. The number of likely N-dealkylation sites (N-methyl/N-ethyl adjacent to an activating group) is 1. The molecule has 2 heteroatoms. The molecule has 0 bridgehead atoms. The first kappa shape index (κ1) is 11.1. The molecule has 1 heterocycles. The van der Waals surface area contributed by atoms with Crippen LogP contribution in [-0.4, -0.2) is 24.5 Å². The molecule has 1 rings (SSSR count). The summed E-state index contributed by atoms with van der Waals surface area (Å²) in [7, 11) is 0. The molecule has 0 atom stereocenters. The summed E-state index contributed by atoms with van der Waals surface area (Å²) in [5.74, 6) is 0.942. The molecule has 0 aliphatic rings. The fraction of sp³-hybridized carbons (Fsp3) is 0.500. The second kappa shape index (κ2) is 5.01. The molecule has 0 radical (unpaired) electrons. The lowest BCUT2D eigenvalue weighted by Crippen LogP contribution is -2.24. The van der Waals surface area contributed by atoms with Gasteiger partial charge in [-0.3, -0.25) is 4.90 Å². The molecule has 0 saturated carbocycles. The van der Waals surface area contributed by atoms with Crippen LogP contribution in [-0.2, 0) is 0 Å². The van der Waals surface area contributed by atoms with Crippen molar-refractivity contribution in [2.75, 3.05) is 19.6 Å². The molecule has 2 nitrogen and oxygen atoms in total. The lowest BCUT2D eigenvalue weighted by molar-refractivity contribution is 0.340. The minimum Gasteiger partial charge on any atom is -0.464 e. The van der Waals surface area contributed by atoms with Crippen molar-refractivity contribution >= 4 is 5.57 Å². The highest BCUT2D eigenvalue weighted by Crippen LogP contribution is 2.18. The SMILES string of the molecule is C=C(CN(CC)CC)c1occc1C. The lowest BCUT2D eigenvalue weighted by atomic mass is 10.1. The molecule has 0 amide bonds. The summed E-state index contributed by atoms with van der Waals surface area (Å²) in [6, 6.07) is 1.97. The third-order valence-corrected chi connectivity index (χ3v) is 2.49. The summed E-state index contributed by atoms with van der Waals surface area (Å²) in [6.07, 6.45) is 1.72. The number of hydrogen-bond acceptors (Lipinski definition) is 2. The zero-order valence-corrected chi connectivity index (χ0v) is 9.34. The van der Waals surface area contributed by atoms with Crippen LogP contribution in [0, 0.1) is 6.92 Å². The molecule has 0 aliphatic heterocycles. The predicted molar refractivity (Wildman–Crippen MR) is 60.3 cm³/mol. The van der Waals surface area contributed by atoms with Crippen molar-refractivity contribution in [3.63, 3.8) is 0 Å². The molecule has 1 aromatic rings. The summed E-state index contributed by atoms with van der Waals surface area (Å²) >= 11 is 0. The maximum absolute atomic E-state index is 5.39. The topological polar surface area (TPSA) is 16.4 Å². The predicted octanol–water partition coefficient (Wildman–Crippen LogP) is 2.94. The van der Waals surface area contributed by atoms with Crippen molar-refractivity contribution in [2.45, 2.75) is 20.8 Å². The quantitative estimate of drug-likeness (QED) is 0.715. The molecule has 0 unspecified atom stereocenters. The molecule has 78 valence electrons. The second-order valence-electron chi connectivity index (χ2n) is 3.50. The van der Waals surface area contributed by atoms with Gasteiger partial charge in [0.15, 0.2) is 0 Å². The summed E-state index contributed by atoms with van der Waals surface area (Å²) < 4.78 is 5.39. The van der Waals surface area contributed by atoms with E-state index in [1.165, 1.54) is 5.56 Å². The van der Waals surface area contributed by atoms with Gasteiger partial charge in [-0.1, -0.05) is 20.4 Å². The number of rotatable bonds is 5. The van der Waals surface area contributed by atoms with Gasteiger partial charge in [0.2, 0.25) is 0 Å². The van der Waals surface area contributed by atoms with E-state index in [-0.39, 0.29) is 0 Å². The van der Waals surface area contributed by atoms with Crippen LogP contribution in [0.3, 0.4) is 0 Å². The minimum absolute atomic E-state index is 0.890. The third-order valence-electron chi connectivity index (χ3n) is 2.49. The molecular formula is C12H19NO. The maximum atomic E-state index is 5.39. The average Bonchev–Trinajstić information content (AvgIpc) is 2.60. The van der Waals surface area contributed by atoms with Gasteiger partial charge in [0.1, 0.15) is 5.76 Å². The Bertz CT molecular complexity index is 297. The van der Waals surface area contributed by atoms with Gasteiger partial charge < -0.3 is 4.42 Å². The van der Waals surface area contributed by atoms with Crippen molar-refractivity contribution in [2.24, 2.45) is 0 Å². The lowest BCUT2D eigenvalue weighted by Gasteiger charge is -2.18. The summed E-state index contributed by atoms with van der Waals surface area (Å²) in [5.41, 5.74) is 2.23. The summed E-state index contributed by atoms with van der Waals surface area (Å²) in [5, 5.41) is 0. The van der Waals surface area contributed by atoms with Gasteiger partial charge in [-0.05, 0) is 31.6 Å². The van der Waals surface area contributed by atoms with Crippen LogP contribution in [0.2, 0.25) is 0 Å². The molecular weight excluding hydrogens is 174 g/mol. The molecule has 0 aromatic carbocycles. The number of furan rings is 1. The van der Waals surface area contributed by atoms with Gasteiger partial charge in [0, 0.05) is 12.1 Å². The van der Waals surface area contributed by atoms with Crippen LogP contribution in [0.25, 0.3) is 5.57 Å². The highest BCUT2D eigenvalue weighted by atomic mass is 16.3. The molecule has 0 N–H and O–H groups in total. The average molecular weight is 193 g/mol. The van der Waals surface area contributed by atoms with E-state index in [2.05, 4.69) is 25.3 Å². The Morgan fingerprint density at radius 1 is 1.43 bits per heavy atom. The number of hydrogen-bond donors (Lipinski definition) is 0. The maximum Gasteiger partial charge on any atom is 0.133 e.